The lowest BCUT2D eigenvalue weighted by Gasteiger charge is -2.13. The second-order valence-electron chi connectivity index (χ2n) is 3.56. The fourth-order valence-electron chi connectivity index (χ4n) is 1.68. The lowest BCUT2D eigenvalue weighted by Crippen LogP contribution is -2.21. The second kappa shape index (κ2) is 4.44. The van der Waals surface area contributed by atoms with Crippen molar-refractivity contribution >= 4 is 0 Å². The Balaban J connectivity index is 1.95. The van der Waals surface area contributed by atoms with Crippen LogP contribution >= 0.6 is 0 Å². The average molecular weight is 192 g/mol. The van der Waals surface area contributed by atoms with E-state index in [2.05, 4.69) is 22.3 Å². The van der Waals surface area contributed by atoms with Gasteiger partial charge in [0.05, 0.1) is 7.11 Å². The van der Waals surface area contributed by atoms with Gasteiger partial charge in [0.2, 0.25) is 0 Å². The molecule has 76 valence electrons. The van der Waals surface area contributed by atoms with Gasteiger partial charge in [0.25, 0.3) is 0 Å². The Morgan fingerprint density at radius 1 is 1.36 bits per heavy atom. The molecule has 0 bridgehead atoms. The van der Waals surface area contributed by atoms with Crippen molar-refractivity contribution in [1.29, 1.82) is 0 Å². The number of ether oxygens (including phenoxy) is 1. The van der Waals surface area contributed by atoms with E-state index in [0.29, 0.717) is 0 Å². The van der Waals surface area contributed by atoms with Gasteiger partial charge >= 0.3 is 0 Å². The molecule has 0 saturated carbocycles. The summed E-state index contributed by atoms with van der Waals surface area (Å²) in [6, 6.07) is 8.27. The molecule has 0 aromatic heterocycles. The van der Waals surface area contributed by atoms with Crippen molar-refractivity contribution in [3.05, 3.63) is 29.8 Å². The Labute approximate surface area is 84.7 Å². The summed E-state index contributed by atoms with van der Waals surface area (Å²) >= 11 is 0. The number of nitrogens with one attached hydrogen (secondary N) is 1. The maximum atomic E-state index is 5.11. The van der Waals surface area contributed by atoms with Crippen molar-refractivity contribution in [2.75, 3.05) is 26.9 Å². The average Bonchev–Trinajstić information content (AvgIpc) is 2.72. The van der Waals surface area contributed by atoms with E-state index in [1.165, 1.54) is 5.56 Å². The third kappa shape index (κ3) is 2.25. The molecule has 0 radical (unpaired) electrons. The van der Waals surface area contributed by atoms with Gasteiger partial charge in [-0.2, -0.15) is 0 Å². The molecule has 0 amide bonds. The summed E-state index contributed by atoms with van der Waals surface area (Å²) in [7, 11) is 1.69. The monoisotopic (exact) mass is 192 g/mol. The SMILES string of the molecule is COc1ccc(CN2CCNC2)cc1. The van der Waals surface area contributed by atoms with Crippen LogP contribution in [0.15, 0.2) is 24.3 Å². The lowest BCUT2D eigenvalue weighted by molar-refractivity contribution is 0.327. The number of benzene rings is 1. The van der Waals surface area contributed by atoms with Crippen molar-refractivity contribution in [1.82, 2.24) is 10.2 Å². The van der Waals surface area contributed by atoms with Crippen LogP contribution in [-0.4, -0.2) is 31.8 Å². The van der Waals surface area contributed by atoms with Crippen LogP contribution in [0.3, 0.4) is 0 Å². The van der Waals surface area contributed by atoms with Gasteiger partial charge < -0.3 is 10.1 Å². The van der Waals surface area contributed by atoms with E-state index in [1.807, 2.05) is 12.1 Å². The van der Waals surface area contributed by atoms with Gasteiger partial charge in [0, 0.05) is 26.3 Å². The standard InChI is InChI=1S/C11H16N2O/c1-14-11-4-2-10(3-5-11)8-13-7-6-12-9-13/h2-5,12H,6-9H2,1H3. The Morgan fingerprint density at radius 3 is 2.71 bits per heavy atom. The maximum Gasteiger partial charge on any atom is 0.118 e. The van der Waals surface area contributed by atoms with Gasteiger partial charge in [-0.05, 0) is 17.7 Å². The summed E-state index contributed by atoms with van der Waals surface area (Å²) < 4.78 is 5.11. The van der Waals surface area contributed by atoms with E-state index < -0.39 is 0 Å². The Bertz CT molecular complexity index is 278. The van der Waals surface area contributed by atoms with Crippen LogP contribution in [-0.2, 0) is 6.54 Å². The zero-order chi connectivity index (χ0) is 9.80. The third-order valence-electron chi connectivity index (χ3n) is 2.51. The summed E-state index contributed by atoms with van der Waals surface area (Å²) in [4.78, 5) is 2.39. The minimum absolute atomic E-state index is 0.924. The number of hydrogen-bond acceptors (Lipinski definition) is 3. The molecule has 1 saturated heterocycles. The zero-order valence-corrected chi connectivity index (χ0v) is 8.49. The summed E-state index contributed by atoms with van der Waals surface area (Å²) in [5, 5.41) is 3.32. The predicted octanol–water partition coefficient (Wildman–Crippen LogP) is 1.06. The van der Waals surface area contributed by atoms with Gasteiger partial charge in [0.1, 0.15) is 5.75 Å². The highest BCUT2D eigenvalue weighted by Gasteiger charge is 2.10. The molecule has 1 aromatic carbocycles. The van der Waals surface area contributed by atoms with E-state index in [9.17, 15) is 0 Å². The minimum atomic E-state index is 0.924. The van der Waals surface area contributed by atoms with Crippen molar-refractivity contribution in [2.45, 2.75) is 6.54 Å². The molecule has 1 N–H and O–H groups in total. The molecule has 0 unspecified atom stereocenters. The molecular weight excluding hydrogens is 176 g/mol. The number of hydrogen-bond donors (Lipinski definition) is 1. The van der Waals surface area contributed by atoms with E-state index in [0.717, 1.165) is 32.1 Å². The van der Waals surface area contributed by atoms with Crippen molar-refractivity contribution in [3.63, 3.8) is 0 Å². The summed E-state index contributed by atoms with van der Waals surface area (Å²) in [5.74, 6) is 0.924. The van der Waals surface area contributed by atoms with Gasteiger partial charge in [-0.1, -0.05) is 12.1 Å². The molecular formula is C11H16N2O. The van der Waals surface area contributed by atoms with E-state index in [1.54, 1.807) is 7.11 Å². The number of nitrogens with zero attached hydrogens (tertiary/aromatic N) is 1. The first-order valence-corrected chi connectivity index (χ1v) is 4.94. The van der Waals surface area contributed by atoms with Crippen molar-refractivity contribution in [2.24, 2.45) is 0 Å². The maximum absolute atomic E-state index is 5.11. The molecule has 1 aromatic rings. The van der Waals surface area contributed by atoms with Gasteiger partial charge in [0.15, 0.2) is 0 Å². The van der Waals surface area contributed by atoms with Gasteiger partial charge in [-0.3, -0.25) is 4.90 Å². The molecule has 3 heteroatoms. The van der Waals surface area contributed by atoms with Crippen LogP contribution in [0.25, 0.3) is 0 Å². The Morgan fingerprint density at radius 2 is 2.14 bits per heavy atom. The summed E-state index contributed by atoms with van der Waals surface area (Å²) in [5.41, 5.74) is 1.34. The fraction of sp³-hybridized carbons (Fsp3) is 0.455. The van der Waals surface area contributed by atoms with Gasteiger partial charge in [-0.25, -0.2) is 0 Å². The zero-order valence-electron chi connectivity index (χ0n) is 8.49. The Hall–Kier alpha value is -1.06. The molecule has 1 fully saturated rings. The molecule has 0 aliphatic carbocycles. The van der Waals surface area contributed by atoms with Gasteiger partial charge in [-0.15, -0.1) is 0 Å². The highest BCUT2D eigenvalue weighted by atomic mass is 16.5. The lowest BCUT2D eigenvalue weighted by atomic mass is 10.2. The molecule has 1 heterocycles. The van der Waals surface area contributed by atoms with Crippen LogP contribution < -0.4 is 10.1 Å². The van der Waals surface area contributed by atoms with Crippen LogP contribution in [0.5, 0.6) is 5.75 Å². The van der Waals surface area contributed by atoms with E-state index in [-0.39, 0.29) is 0 Å². The number of rotatable bonds is 3. The summed E-state index contributed by atoms with van der Waals surface area (Å²) in [6.45, 7) is 4.28. The normalized spacial score (nSPS) is 17.2. The fourth-order valence-corrected chi connectivity index (χ4v) is 1.68. The summed E-state index contributed by atoms with van der Waals surface area (Å²) in [6.07, 6.45) is 0. The first-order chi connectivity index (χ1) is 6.88. The molecule has 0 atom stereocenters. The van der Waals surface area contributed by atoms with Crippen LogP contribution in [0.1, 0.15) is 5.56 Å². The molecule has 2 rings (SSSR count). The molecule has 3 nitrogen and oxygen atoms in total. The smallest absolute Gasteiger partial charge is 0.118 e. The van der Waals surface area contributed by atoms with E-state index in [4.69, 9.17) is 4.74 Å². The van der Waals surface area contributed by atoms with Crippen LogP contribution in [0.2, 0.25) is 0 Å². The first-order valence-electron chi connectivity index (χ1n) is 4.94. The van der Waals surface area contributed by atoms with Crippen LogP contribution in [0.4, 0.5) is 0 Å². The quantitative estimate of drug-likeness (QED) is 0.775. The molecule has 14 heavy (non-hydrogen) atoms. The van der Waals surface area contributed by atoms with Crippen molar-refractivity contribution in [3.8, 4) is 5.75 Å². The van der Waals surface area contributed by atoms with Crippen LogP contribution in [0, 0.1) is 0 Å². The second-order valence-corrected chi connectivity index (χ2v) is 3.56. The Kier molecular flexibility index (Phi) is 3.01. The predicted molar refractivity (Wildman–Crippen MR) is 56.3 cm³/mol. The largest absolute Gasteiger partial charge is 0.497 e. The van der Waals surface area contributed by atoms with Crippen molar-refractivity contribution < 1.29 is 4.74 Å². The first kappa shape index (κ1) is 9.49. The molecule has 1 aliphatic heterocycles. The third-order valence-corrected chi connectivity index (χ3v) is 2.51. The minimum Gasteiger partial charge on any atom is -0.497 e. The number of methoxy groups -OCH3 is 1. The highest BCUT2D eigenvalue weighted by molar-refractivity contribution is 5.27. The molecule has 0 spiro atoms. The highest BCUT2D eigenvalue weighted by Crippen LogP contribution is 2.13. The van der Waals surface area contributed by atoms with E-state index >= 15 is 0 Å². The topological polar surface area (TPSA) is 24.5 Å². The molecule has 1 aliphatic rings.